The molecule has 2 N–H and O–H groups in total. The number of thiophene rings is 1. The minimum absolute atomic E-state index is 0. The standard InChI is InChI=1S/C30H34N2OS.ClH/c1-21(2)14-17-32(18-15-22(3)4)19-16-26-27(20-32)34-30(31)28(26)29(33)25-12-10-24(11-13-25)23-8-6-5-7-9-23;/h5-15H,16-20H2,1-4H3,(H-,31,33);1H. The highest BCUT2D eigenvalue weighted by Gasteiger charge is 2.36. The number of benzene rings is 2. The number of nitrogens with zero attached hydrogens (tertiary/aromatic N) is 1. The van der Waals surface area contributed by atoms with Crippen LogP contribution in [0.5, 0.6) is 0 Å². The molecule has 0 unspecified atom stereocenters. The van der Waals surface area contributed by atoms with Crippen LogP contribution in [0.1, 0.15) is 54.1 Å². The van der Waals surface area contributed by atoms with E-state index in [1.165, 1.54) is 21.6 Å². The average molecular weight is 507 g/mol. The number of ketones is 1. The van der Waals surface area contributed by atoms with Gasteiger partial charge in [-0.1, -0.05) is 65.7 Å². The summed E-state index contributed by atoms with van der Waals surface area (Å²) < 4.78 is 0.989. The molecule has 1 aromatic heterocycles. The van der Waals surface area contributed by atoms with Crippen LogP contribution in [0.25, 0.3) is 11.1 Å². The molecular formula is C30H35ClN2OS. The van der Waals surface area contributed by atoms with Gasteiger partial charge in [0.1, 0.15) is 6.54 Å². The second kappa shape index (κ2) is 11.4. The minimum atomic E-state index is 0. The summed E-state index contributed by atoms with van der Waals surface area (Å²) >= 11 is 1.61. The molecular weight excluding hydrogens is 472 g/mol. The summed E-state index contributed by atoms with van der Waals surface area (Å²) in [6.07, 6.45) is 5.59. The van der Waals surface area contributed by atoms with Crippen molar-refractivity contribution < 1.29 is 21.7 Å². The molecule has 0 aliphatic carbocycles. The normalized spacial score (nSPS) is 13.8. The molecule has 2 heterocycles. The summed E-state index contributed by atoms with van der Waals surface area (Å²) in [6.45, 7) is 12.6. The summed E-state index contributed by atoms with van der Waals surface area (Å²) in [5, 5.41) is 0.659. The molecule has 0 fully saturated rings. The molecule has 0 bridgehead atoms. The van der Waals surface area contributed by atoms with E-state index in [0.29, 0.717) is 10.6 Å². The number of allylic oxidation sites excluding steroid dienone is 2. The molecule has 3 aromatic rings. The third-order valence-electron chi connectivity index (χ3n) is 6.69. The second-order valence-corrected chi connectivity index (χ2v) is 11.1. The van der Waals surface area contributed by atoms with Crippen molar-refractivity contribution in [2.24, 2.45) is 0 Å². The van der Waals surface area contributed by atoms with Gasteiger partial charge >= 0.3 is 0 Å². The second-order valence-electron chi connectivity index (χ2n) is 9.92. The van der Waals surface area contributed by atoms with Crippen molar-refractivity contribution >= 4 is 22.1 Å². The van der Waals surface area contributed by atoms with Crippen LogP contribution in [0.4, 0.5) is 5.00 Å². The number of quaternary nitrogens is 1. The molecule has 184 valence electrons. The predicted octanol–water partition coefficient (Wildman–Crippen LogP) is 4.04. The predicted molar refractivity (Wildman–Crippen MR) is 145 cm³/mol. The van der Waals surface area contributed by atoms with E-state index in [0.717, 1.165) is 53.8 Å². The van der Waals surface area contributed by atoms with Crippen LogP contribution in [0.15, 0.2) is 77.9 Å². The largest absolute Gasteiger partial charge is 1.00 e. The number of hydrogen-bond acceptors (Lipinski definition) is 3. The number of rotatable bonds is 7. The maximum atomic E-state index is 13.5. The first-order valence-corrected chi connectivity index (χ1v) is 12.8. The summed E-state index contributed by atoms with van der Waals surface area (Å²) in [5.41, 5.74) is 14.0. The lowest BCUT2D eigenvalue weighted by Gasteiger charge is -2.40. The van der Waals surface area contributed by atoms with Gasteiger partial charge in [0.15, 0.2) is 5.78 Å². The number of fused-ring (bicyclic) bond motifs is 1. The summed E-state index contributed by atoms with van der Waals surface area (Å²) in [5.74, 6) is 0.0446. The van der Waals surface area contributed by atoms with E-state index in [1.807, 2.05) is 42.5 Å². The number of carbonyl (C=O) groups excluding carboxylic acids is 1. The Morgan fingerprint density at radius 2 is 1.49 bits per heavy atom. The highest BCUT2D eigenvalue weighted by atomic mass is 35.5. The summed E-state index contributed by atoms with van der Waals surface area (Å²) in [4.78, 5) is 14.8. The number of hydrogen-bond donors (Lipinski definition) is 1. The average Bonchev–Trinajstić information content (AvgIpc) is 3.16. The lowest BCUT2D eigenvalue weighted by molar-refractivity contribution is -0.931. The van der Waals surface area contributed by atoms with Crippen molar-refractivity contribution in [1.82, 2.24) is 0 Å². The van der Waals surface area contributed by atoms with E-state index in [9.17, 15) is 4.79 Å². The topological polar surface area (TPSA) is 43.1 Å². The van der Waals surface area contributed by atoms with Gasteiger partial charge in [0, 0.05) is 12.0 Å². The fraction of sp³-hybridized carbons (Fsp3) is 0.300. The van der Waals surface area contributed by atoms with E-state index in [-0.39, 0.29) is 18.2 Å². The van der Waals surface area contributed by atoms with Gasteiger partial charge in [-0.25, -0.2) is 0 Å². The molecule has 2 aromatic carbocycles. The fourth-order valence-corrected chi connectivity index (χ4v) is 5.88. The molecule has 1 aliphatic rings. The van der Waals surface area contributed by atoms with Crippen LogP contribution >= 0.6 is 11.3 Å². The van der Waals surface area contributed by atoms with Gasteiger partial charge in [0.2, 0.25) is 0 Å². The molecule has 0 amide bonds. The Balaban J connectivity index is 0.00000342. The van der Waals surface area contributed by atoms with E-state index >= 15 is 0 Å². The maximum Gasteiger partial charge on any atom is 0.196 e. The SMILES string of the molecule is CC(C)=CC[N+]1(CC=C(C)C)CCc2c(sc(N)c2C(=O)c2ccc(-c3ccccc3)cc2)C1.[Cl-]. The Kier molecular flexibility index (Phi) is 8.76. The van der Waals surface area contributed by atoms with Crippen molar-refractivity contribution in [3.05, 3.63) is 99.5 Å². The van der Waals surface area contributed by atoms with E-state index in [2.05, 4.69) is 52.0 Å². The molecule has 0 spiro atoms. The Hall–Kier alpha value is -2.66. The molecule has 4 rings (SSSR count). The molecule has 0 saturated carbocycles. The van der Waals surface area contributed by atoms with Gasteiger partial charge in [-0.15, -0.1) is 11.3 Å². The molecule has 0 radical (unpaired) electrons. The van der Waals surface area contributed by atoms with Crippen LogP contribution in [0.2, 0.25) is 0 Å². The Bertz CT molecular complexity index is 1210. The van der Waals surface area contributed by atoms with E-state index in [1.54, 1.807) is 11.3 Å². The Labute approximate surface area is 220 Å². The summed E-state index contributed by atoms with van der Waals surface area (Å²) in [6, 6.07) is 18.1. The smallest absolute Gasteiger partial charge is 0.196 e. The summed E-state index contributed by atoms with van der Waals surface area (Å²) in [7, 11) is 0. The quantitative estimate of drug-likeness (QED) is 0.298. The van der Waals surface area contributed by atoms with Gasteiger partial charge < -0.3 is 22.6 Å². The minimum Gasteiger partial charge on any atom is -1.00 e. The molecule has 5 heteroatoms. The lowest BCUT2D eigenvalue weighted by Crippen LogP contribution is -3.00. The van der Waals surface area contributed by atoms with E-state index in [4.69, 9.17) is 5.73 Å². The van der Waals surface area contributed by atoms with Crippen LogP contribution in [-0.4, -0.2) is 29.9 Å². The first kappa shape index (κ1) is 26.9. The first-order valence-electron chi connectivity index (χ1n) is 12.0. The van der Waals surface area contributed by atoms with E-state index < -0.39 is 0 Å². The van der Waals surface area contributed by atoms with Gasteiger partial charge in [-0.3, -0.25) is 4.79 Å². The number of nitrogen functional groups attached to an aromatic ring is 1. The number of nitrogens with two attached hydrogens (primary N) is 1. The van der Waals surface area contributed by atoms with Crippen molar-refractivity contribution in [1.29, 1.82) is 0 Å². The third kappa shape index (κ3) is 6.13. The zero-order chi connectivity index (χ0) is 24.3. The number of anilines is 1. The zero-order valence-electron chi connectivity index (χ0n) is 21.1. The van der Waals surface area contributed by atoms with Gasteiger partial charge in [-0.05, 0) is 56.5 Å². The monoisotopic (exact) mass is 506 g/mol. The number of halogens is 1. The van der Waals surface area contributed by atoms with Crippen LogP contribution < -0.4 is 18.1 Å². The first-order chi connectivity index (χ1) is 16.3. The van der Waals surface area contributed by atoms with Crippen LogP contribution in [-0.2, 0) is 13.0 Å². The third-order valence-corrected chi connectivity index (χ3v) is 7.73. The Morgan fingerprint density at radius 1 is 0.914 bits per heavy atom. The Morgan fingerprint density at radius 3 is 2.06 bits per heavy atom. The fourth-order valence-electron chi connectivity index (χ4n) is 4.63. The molecule has 0 saturated heterocycles. The van der Waals surface area contributed by atoms with Crippen molar-refractivity contribution in [2.45, 2.75) is 40.7 Å². The van der Waals surface area contributed by atoms with Crippen molar-refractivity contribution in [3.8, 4) is 11.1 Å². The van der Waals surface area contributed by atoms with Gasteiger partial charge in [0.25, 0.3) is 0 Å². The van der Waals surface area contributed by atoms with Crippen LogP contribution in [0, 0.1) is 0 Å². The zero-order valence-corrected chi connectivity index (χ0v) is 22.7. The molecule has 1 aliphatic heterocycles. The molecule has 0 atom stereocenters. The number of carbonyl (C=O) groups is 1. The lowest BCUT2D eigenvalue weighted by atomic mass is 9.94. The van der Waals surface area contributed by atoms with Gasteiger partial charge in [-0.2, -0.15) is 0 Å². The molecule has 3 nitrogen and oxygen atoms in total. The highest BCUT2D eigenvalue weighted by Crippen LogP contribution is 2.39. The van der Waals surface area contributed by atoms with Crippen LogP contribution in [0.3, 0.4) is 0 Å². The van der Waals surface area contributed by atoms with Gasteiger partial charge in [0.05, 0.1) is 35.1 Å². The maximum absolute atomic E-state index is 13.5. The van der Waals surface area contributed by atoms with Crippen molar-refractivity contribution in [3.63, 3.8) is 0 Å². The van der Waals surface area contributed by atoms with Crippen molar-refractivity contribution in [2.75, 3.05) is 25.4 Å². The molecule has 35 heavy (non-hydrogen) atoms. The highest BCUT2D eigenvalue weighted by molar-refractivity contribution is 7.16.